The van der Waals surface area contributed by atoms with Crippen molar-refractivity contribution < 1.29 is 17.9 Å². The molecule has 0 unspecified atom stereocenters. The summed E-state index contributed by atoms with van der Waals surface area (Å²) in [6, 6.07) is 0. The summed E-state index contributed by atoms with van der Waals surface area (Å²) >= 11 is 0. The van der Waals surface area contributed by atoms with Gasteiger partial charge in [0.05, 0.1) is 24.3 Å². The number of sulfone groups is 1. The van der Waals surface area contributed by atoms with Gasteiger partial charge in [0.1, 0.15) is 0 Å². The number of rotatable bonds is 5. The van der Waals surface area contributed by atoms with Crippen molar-refractivity contribution >= 4 is 15.8 Å². The van der Waals surface area contributed by atoms with Gasteiger partial charge in [-0.1, -0.05) is 5.21 Å². The third-order valence-corrected chi connectivity index (χ3v) is 3.12. The van der Waals surface area contributed by atoms with Crippen LogP contribution in [0, 0.1) is 0 Å². The van der Waals surface area contributed by atoms with Gasteiger partial charge >= 0.3 is 5.97 Å². The molecule has 7 nitrogen and oxygen atoms in total. The van der Waals surface area contributed by atoms with Crippen molar-refractivity contribution in [3.05, 3.63) is 11.9 Å². The monoisotopic (exact) mass is 275 g/mol. The molecule has 0 aliphatic rings. The minimum Gasteiger partial charge on any atom is -0.464 e. The quantitative estimate of drug-likeness (QED) is 0.709. The summed E-state index contributed by atoms with van der Waals surface area (Å²) in [5.41, 5.74) is -0.714. The SMILES string of the molecule is CCOC(=O)C(C)(C)n1cc(CS(C)(=O)=O)nn1. The zero-order valence-corrected chi connectivity index (χ0v) is 11.7. The molecule has 102 valence electrons. The first-order valence-corrected chi connectivity index (χ1v) is 7.49. The van der Waals surface area contributed by atoms with Crippen molar-refractivity contribution in [3.8, 4) is 0 Å². The first-order chi connectivity index (χ1) is 8.16. The van der Waals surface area contributed by atoms with Crippen molar-refractivity contribution in [1.82, 2.24) is 15.0 Å². The zero-order valence-electron chi connectivity index (χ0n) is 10.9. The van der Waals surface area contributed by atoms with E-state index in [4.69, 9.17) is 4.74 Å². The van der Waals surface area contributed by atoms with Crippen LogP contribution in [-0.4, -0.2) is 42.2 Å². The largest absolute Gasteiger partial charge is 0.464 e. The summed E-state index contributed by atoms with van der Waals surface area (Å²) in [6.07, 6.45) is 2.56. The molecule has 0 atom stereocenters. The maximum absolute atomic E-state index is 11.7. The number of hydrogen-bond acceptors (Lipinski definition) is 6. The fraction of sp³-hybridized carbons (Fsp3) is 0.700. The Morgan fingerprint density at radius 1 is 1.50 bits per heavy atom. The van der Waals surface area contributed by atoms with Crippen LogP contribution < -0.4 is 0 Å². The van der Waals surface area contributed by atoms with Crippen molar-refractivity contribution in [3.63, 3.8) is 0 Å². The van der Waals surface area contributed by atoms with Crippen LogP contribution >= 0.6 is 0 Å². The Hall–Kier alpha value is -1.44. The molecule has 0 aliphatic carbocycles. The molecule has 1 rings (SSSR count). The standard InChI is InChI=1S/C10H17N3O4S/c1-5-17-9(14)10(2,3)13-6-8(11-12-13)7-18(4,15)16/h6H,5,7H2,1-4H3. The Labute approximate surface area is 106 Å². The topological polar surface area (TPSA) is 91.2 Å². The van der Waals surface area contributed by atoms with Gasteiger partial charge in [-0.25, -0.2) is 17.9 Å². The second kappa shape index (κ2) is 5.05. The Morgan fingerprint density at radius 2 is 2.11 bits per heavy atom. The van der Waals surface area contributed by atoms with Crippen LogP contribution in [0.3, 0.4) is 0 Å². The van der Waals surface area contributed by atoms with Gasteiger partial charge in [0, 0.05) is 6.26 Å². The molecule has 0 bridgehead atoms. The van der Waals surface area contributed by atoms with E-state index in [1.165, 1.54) is 10.9 Å². The second-order valence-corrected chi connectivity index (χ2v) is 6.64. The minimum absolute atomic E-state index is 0.202. The molecule has 1 aromatic rings. The molecule has 0 radical (unpaired) electrons. The predicted molar refractivity (Wildman–Crippen MR) is 64.5 cm³/mol. The van der Waals surface area contributed by atoms with Gasteiger partial charge in [-0.3, -0.25) is 0 Å². The fourth-order valence-corrected chi connectivity index (χ4v) is 1.98. The van der Waals surface area contributed by atoms with Gasteiger partial charge in [-0.05, 0) is 20.8 Å². The van der Waals surface area contributed by atoms with Gasteiger partial charge in [-0.15, -0.1) is 5.10 Å². The molecule has 0 fully saturated rings. The van der Waals surface area contributed by atoms with E-state index in [0.717, 1.165) is 6.26 Å². The van der Waals surface area contributed by atoms with E-state index in [1.807, 2.05) is 0 Å². The first-order valence-electron chi connectivity index (χ1n) is 5.43. The maximum atomic E-state index is 11.7. The molecule has 0 aromatic carbocycles. The van der Waals surface area contributed by atoms with E-state index in [-0.39, 0.29) is 12.4 Å². The van der Waals surface area contributed by atoms with E-state index in [9.17, 15) is 13.2 Å². The van der Waals surface area contributed by atoms with Gasteiger partial charge in [0.2, 0.25) is 0 Å². The molecule has 8 heteroatoms. The predicted octanol–water partition coefficient (Wildman–Crippen LogP) is 0.121. The molecule has 18 heavy (non-hydrogen) atoms. The number of hydrogen-bond donors (Lipinski definition) is 0. The molecule has 0 aliphatic heterocycles. The van der Waals surface area contributed by atoms with Crippen LogP contribution in [0.5, 0.6) is 0 Å². The summed E-state index contributed by atoms with van der Waals surface area (Å²) in [7, 11) is -3.17. The van der Waals surface area contributed by atoms with Crippen molar-refractivity contribution in [2.24, 2.45) is 0 Å². The number of aromatic nitrogens is 3. The smallest absolute Gasteiger partial charge is 0.333 e. The summed E-state index contributed by atoms with van der Waals surface area (Å²) in [5, 5.41) is 7.51. The normalized spacial score (nSPS) is 12.4. The molecule has 0 spiro atoms. The zero-order chi connectivity index (χ0) is 14.0. The Morgan fingerprint density at radius 3 is 2.61 bits per heavy atom. The number of nitrogens with zero attached hydrogens (tertiary/aromatic N) is 3. The van der Waals surface area contributed by atoms with Gasteiger partial charge in [-0.2, -0.15) is 0 Å². The third-order valence-electron chi connectivity index (χ3n) is 2.30. The third kappa shape index (κ3) is 3.52. The number of ether oxygens (including phenoxy) is 1. The van der Waals surface area contributed by atoms with Crippen LogP contribution in [0.25, 0.3) is 0 Å². The van der Waals surface area contributed by atoms with E-state index in [1.54, 1.807) is 20.8 Å². The summed E-state index contributed by atoms with van der Waals surface area (Å²) in [4.78, 5) is 11.7. The van der Waals surface area contributed by atoms with E-state index >= 15 is 0 Å². The first kappa shape index (κ1) is 14.6. The lowest BCUT2D eigenvalue weighted by atomic mass is 10.1. The number of carbonyl (C=O) groups excluding carboxylic acids is 1. The Balaban J connectivity index is 2.94. The second-order valence-electron chi connectivity index (χ2n) is 4.50. The molecule has 1 aromatic heterocycles. The number of esters is 1. The van der Waals surface area contributed by atoms with Crippen LogP contribution in [0.1, 0.15) is 26.5 Å². The lowest BCUT2D eigenvalue weighted by molar-refractivity contribution is -0.152. The van der Waals surface area contributed by atoms with Crippen molar-refractivity contribution in [2.75, 3.05) is 12.9 Å². The lowest BCUT2D eigenvalue weighted by Crippen LogP contribution is -2.38. The van der Waals surface area contributed by atoms with E-state index in [2.05, 4.69) is 10.3 Å². The van der Waals surface area contributed by atoms with Crippen LogP contribution in [-0.2, 0) is 30.7 Å². The average molecular weight is 275 g/mol. The summed E-state index contributed by atoms with van der Waals surface area (Å²) in [5.74, 6) is -0.646. The fourth-order valence-electron chi connectivity index (χ4n) is 1.31. The Kier molecular flexibility index (Phi) is 4.10. The number of carbonyl (C=O) groups is 1. The highest BCUT2D eigenvalue weighted by Gasteiger charge is 2.32. The van der Waals surface area contributed by atoms with Crippen LogP contribution in [0.2, 0.25) is 0 Å². The minimum atomic E-state index is -3.17. The van der Waals surface area contributed by atoms with Gasteiger partial charge in [0.25, 0.3) is 0 Å². The molecule has 0 saturated heterocycles. The highest BCUT2D eigenvalue weighted by molar-refractivity contribution is 7.89. The lowest BCUT2D eigenvalue weighted by Gasteiger charge is -2.21. The highest BCUT2D eigenvalue weighted by Crippen LogP contribution is 2.16. The molecular formula is C10H17N3O4S. The molecule has 1 heterocycles. The highest BCUT2D eigenvalue weighted by atomic mass is 32.2. The van der Waals surface area contributed by atoms with Crippen LogP contribution in [0.15, 0.2) is 6.20 Å². The van der Waals surface area contributed by atoms with Gasteiger partial charge < -0.3 is 4.74 Å². The van der Waals surface area contributed by atoms with E-state index in [0.29, 0.717) is 5.69 Å². The maximum Gasteiger partial charge on any atom is 0.333 e. The molecule has 0 saturated carbocycles. The van der Waals surface area contributed by atoms with Crippen molar-refractivity contribution in [1.29, 1.82) is 0 Å². The molecule has 0 amide bonds. The average Bonchev–Trinajstić information content (AvgIpc) is 2.64. The van der Waals surface area contributed by atoms with Crippen LogP contribution in [0.4, 0.5) is 0 Å². The Bertz CT molecular complexity index is 533. The molecule has 0 N–H and O–H groups in total. The summed E-state index contributed by atoms with van der Waals surface area (Å²) in [6.45, 7) is 5.24. The van der Waals surface area contributed by atoms with E-state index < -0.39 is 21.3 Å². The molecular weight excluding hydrogens is 258 g/mol. The summed E-state index contributed by atoms with van der Waals surface area (Å²) < 4.78 is 28.5. The van der Waals surface area contributed by atoms with Crippen molar-refractivity contribution in [2.45, 2.75) is 32.1 Å². The van der Waals surface area contributed by atoms with Gasteiger partial charge in [0.15, 0.2) is 15.4 Å².